The van der Waals surface area contributed by atoms with Crippen molar-refractivity contribution in [2.45, 2.75) is 72.2 Å². The quantitative estimate of drug-likeness (QED) is 0.494. The normalized spacial score (nSPS) is 12.5. The highest BCUT2D eigenvalue weighted by atomic mass is 19.4. The van der Waals surface area contributed by atoms with Crippen molar-refractivity contribution in [1.29, 1.82) is 0 Å². The Kier molecular flexibility index (Phi) is 8.32. The Balaban J connectivity index is 2.50. The highest BCUT2D eigenvalue weighted by Gasteiger charge is 2.31. The summed E-state index contributed by atoms with van der Waals surface area (Å²) in [6.07, 6.45) is -0.377. The molecule has 2 aromatic rings. The molecule has 0 aliphatic heterocycles. The van der Waals surface area contributed by atoms with Gasteiger partial charge in [-0.25, -0.2) is 9.97 Å². The van der Waals surface area contributed by atoms with Gasteiger partial charge in [0.15, 0.2) is 0 Å². The molecule has 0 aliphatic rings. The summed E-state index contributed by atoms with van der Waals surface area (Å²) in [6.45, 7) is 8.26. The lowest BCUT2D eigenvalue weighted by atomic mass is 10.1. The van der Waals surface area contributed by atoms with Crippen LogP contribution in [-0.4, -0.2) is 29.5 Å². The minimum atomic E-state index is -4.77. The monoisotopic (exact) mass is 425 g/mol. The van der Waals surface area contributed by atoms with Gasteiger partial charge in [0.2, 0.25) is 0 Å². The highest BCUT2D eigenvalue weighted by molar-refractivity contribution is 5.71. The van der Waals surface area contributed by atoms with Crippen molar-refractivity contribution >= 4 is 5.82 Å². The van der Waals surface area contributed by atoms with Crippen LogP contribution in [0.3, 0.4) is 0 Å². The van der Waals surface area contributed by atoms with Crippen molar-refractivity contribution in [1.82, 2.24) is 9.97 Å². The fourth-order valence-electron chi connectivity index (χ4n) is 3.31. The van der Waals surface area contributed by atoms with Crippen molar-refractivity contribution in [3.63, 3.8) is 0 Å². The Morgan fingerprint density at radius 1 is 1.03 bits per heavy atom. The van der Waals surface area contributed by atoms with Crippen LogP contribution in [0.15, 0.2) is 18.2 Å². The van der Waals surface area contributed by atoms with Gasteiger partial charge in [-0.2, -0.15) is 0 Å². The molecular weight excluding hydrogens is 395 g/mol. The van der Waals surface area contributed by atoms with Crippen LogP contribution in [-0.2, 0) is 12.8 Å². The van der Waals surface area contributed by atoms with E-state index >= 15 is 0 Å². The largest absolute Gasteiger partial charge is 0.573 e. The molecule has 0 aliphatic carbocycles. The van der Waals surface area contributed by atoms with E-state index in [1.807, 2.05) is 13.8 Å². The molecule has 2 rings (SSSR count). The minimum Gasteiger partial charge on any atom is -0.496 e. The van der Waals surface area contributed by atoms with Gasteiger partial charge in [0.05, 0.1) is 24.2 Å². The van der Waals surface area contributed by atoms with Gasteiger partial charge in [-0.3, -0.25) is 0 Å². The van der Waals surface area contributed by atoms with Crippen LogP contribution in [0.2, 0.25) is 0 Å². The number of halogens is 3. The fourth-order valence-corrected chi connectivity index (χ4v) is 3.31. The summed E-state index contributed by atoms with van der Waals surface area (Å²) < 4.78 is 47.0. The van der Waals surface area contributed by atoms with E-state index in [4.69, 9.17) is 14.7 Å². The van der Waals surface area contributed by atoms with Gasteiger partial charge in [-0.1, -0.05) is 34.1 Å². The van der Waals surface area contributed by atoms with Crippen LogP contribution < -0.4 is 14.8 Å². The smallest absolute Gasteiger partial charge is 0.496 e. The zero-order chi connectivity index (χ0) is 22.3. The first-order valence-electron chi connectivity index (χ1n) is 10.4. The molecule has 0 saturated heterocycles. The molecule has 1 aromatic heterocycles. The molecule has 0 amide bonds. The Bertz CT molecular complexity index is 841. The summed E-state index contributed by atoms with van der Waals surface area (Å²) in [6, 6.07) is 4.33. The minimum absolute atomic E-state index is 0.251. The molecule has 0 spiro atoms. The third-order valence-electron chi connectivity index (χ3n) is 4.84. The van der Waals surface area contributed by atoms with E-state index < -0.39 is 6.36 Å². The molecule has 1 unspecified atom stereocenters. The van der Waals surface area contributed by atoms with Crippen molar-refractivity contribution in [3.05, 3.63) is 29.6 Å². The highest BCUT2D eigenvalue weighted by Crippen LogP contribution is 2.36. The molecule has 1 heterocycles. The summed E-state index contributed by atoms with van der Waals surface area (Å²) >= 11 is 0. The number of methoxy groups -OCH3 is 1. The maximum absolute atomic E-state index is 12.6. The number of rotatable bonds is 10. The number of hydrogen-bond acceptors (Lipinski definition) is 5. The first-order chi connectivity index (χ1) is 14.3. The number of benzene rings is 1. The number of anilines is 1. The standard InChI is InChI=1S/C22H30F3N3O2/c1-6-10-14(7-2)26-21-18(9-4)27-20(17(8-3)28-21)16-12-11-15(13-19(16)29-5)30-22(23,24)25/h11-14H,6-10H2,1-5H3,(H,26,28). The SMILES string of the molecule is CCCC(CC)Nc1nc(CC)c(-c2ccc(OC(F)(F)F)cc2OC)nc1CC. The zero-order valence-electron chi connectivity index (χ0n) is 18.2. The lowest BCUT2D eigenvalue weighted by molar-refractivity contribution is -0.274. The van der Waals surface area contributed by atoms with Crippen LogP contribution in [0.5, 0.6) is 11.5 Å². The molecule has 30 heavy (non-hydrogen) atoms. The molecule has 5 nitrogen and oxygen atoms in total. The second-order valence-electron chi connectivity index (χ2n) is 6.97. The molecule has 1 N–H and O–H groups in total. The topological polar surface area (TPSA) is 56.3 Å². The van der Waals surface area contributed by atoms with Gasteiger partial charge in [-0.15, -0.1) is 13.2 Å². The summed E-state index contributed by atoms with van der Waals surface area (Å²) in [5.41, 5.74) is 2.76. The first kappa shape index (κ1) is 23.8. The van der Waals surface area contributed by atoms with Crippen LogP contribution in [0.25, 0.3) is 11.3 Å². The van der Waals surface area contributed by atoms with E-state index in [1.165, 1.54) is 25.3 Å². The van der Waals surface area contributed by atoms with Gasteiger partial charge in [0.1, 0.15) is 17.3 Å². The maximum Gasteiger partial charge on any atom is 0.573 e. The third-order valence-corrected chi connectivity index (χ3v) is 4.84. The van der Waals surface area contributed by atoms with E-state index in [0.29, 0.717) is 30.1 Å². The maximum atomic E-state index is 12.6. The van der Waals surface area contributed by atoms with E-state index in [2.05, 4.69) is 23.9 Å². The van der Waals surface area contributed by atoms with Gasteiger partial charge >= 0.3 is 6.36 Å². The average Bonchev–Trinajstić information content (AvgIpc) is 2.71. The Morgan fingerprint density at radius 2 is 1.73 bits per heavy atom. The molecule has 0 saturated carbocycles. The Labute approximate surface area is 176 Å². The summed E-state index contributed by atoms with van der Waals surface area (Å²) in [5.74, 6) is 0.684. The number of nitrogens with zero attached hydrogens (tertiary/aromatic N) is 2. The van der Waals surface area contributed by atoms with Crippen molar-refractivity contribution in [2.75, 3.05) is 12.4 Å². The van der Waals surface area contributed by atoms with Crippen molar-refractivity contribution in [2.24, 2.45) is 0 Å². The van der Waals surface area contributed by atoms with E-state index in [9.17, 15) is 13.2 Å². The van der Waals surface area contributed by atoms with Gasteiger partial charge in [-0.05, 0) is 37.8 Å². The van der Waals surface area contributed by atoms with E-state index in [1.54, 1.807) is 0 Å². The Hall–Kier alpha value is -2.51. The second-order valence-corrected chi connectivity index (χ2v) is 6.97. The van der Waals surface area contributed by atoms with Gasteiger partial charge in [0, 0.05) is 17.7 Å². The molecule has 8 heteroatoms. The second kappa shape index (κ2) is 10.5. The molecule has 0 fully saturated rings. The average molecular weight is 425 g/mol. The number of ether oxygens (including phenoxy) is 2. The first-order valence-corrected chi connectivity index (χ1v) is 10.4. The van der Waals surface area contributed by atoms with E-state index in [-0.39, 0.29) is 11.5 Å². The lowest BCUT2D eigenvalue weighted by Gasteiger charge is -2.21. The molecular formula is C22H30F3N3O2. The fraction of sp³-hybridized carbons (Fsp3) is 0.545. The number of nitrogens with one attached hydrogen (secondary N) is 1. The number of aromatic nitrogens is 2. The van der Waals surface area contributed by atoms with Crippen molar-refractivity contribution < 1.29 is 22.6 Å². The van der Waals surface area contributed by atoms with E-state index in [0.717, 1.165) is 36.5 Å². The van der Waals surface area contributed by atoms with Crippen molar-refractivity contribution in [3.8, 4) is 22.8 Å². The number of alkyl halides is 3. The van der Waals surface area contributed by atoms with Crippen LogP contribution >= 0.6 is 0 Å². The van der Waals surface area contributed by atoms with Crippen LogP contribution in [0.1, 0.15) is 58.3 Å². The zero-order valence-corrected chi connectivity index (χ0v) is 18.2. The predicted octanol–water partition coefficient (Wildman–Crippen LogP) is 6.17. The predicted molar refractivity (Wildman–Crippen MR) is 112 cm³/mol. The summed E-state index contributed by atoms with van der Waals surface area (Å²) in [4.78, 5) is 9.65. The van der Waals surface area contributed by atoms with Crippen LogP contribution in [0, 0.1) is 0 Å². The molecule has 1 atom stereocenters. The Morgan fingerprint density at radius 3 is 2.27 bits per heavy atom. The summed E-state index contributed by atoms with van der Waals surface area (Å²) in [7, 11) is 1.41. The third kappa shape index (κ3) is 6.00. The molecule has 0 radical (unpaired) electrons. The summed E-state index contributed by atoms with van der Waals surface area (Å²) in [5, 5.41) is 3.52. The molecule has 166 valence electrons. The van der Waals surface area contributed by atoms with Gasteiger partial charge < -0.3 is 14.8 Å². The molecule has 1 aromatic carbocycles. The molecule has 0 bridgehead atoms. The number of aryl methyl sites for hydroxylation is 2. The lowest BCUT2D eigenvalue weighted by Crippen LogP contribution is -2.21. The van der Waals surface area contributed by atoms with Gasteiger partial charge in [0.25, 0.3) is 0 Å². The number of hydrogen-bond donors (Lipinski definition) is 1. The van der Waals surface area contributed by atoms with Crippen LogP contribution in [0.4, 0.5) is 19.0 Å².